The molecule has 0 aromatic rings. The topological polar surface area (TPSA) is 256 Å². The summed E-state index contributed by atoms with van der Waals surface area (Å²) in [4.78, 5) is 0. The van der Waals surface area contributed by atoms with E-state index in [-0.39, 0.29) is 25.1 Å². The highest BCUT2D eigenvalue weighted by Gasteiger charge is 1.96. The Morgan fingerprint density at radius 3 is 1.03 bits per heavy atom. The minimum absolute atomic E-state index is 0. The minimum Gasteiger partial charge on any atom is -0.759 e. The average Bonchev–Trinajstić information content (AvgIpc) is 2.48. The lowest BCUT2D eigenvalue weighted by atomic mass is 10.0. The van der Waals surface area contributed by atoms with E-state index in [1.165, 1.54) is 70.6 Å². The standard InChI is InChI=1S/C16H34O4S.3H3N.H2O4S/c1-2-3-4-5-6-7-8-9-10-11-12-13-14-15-16-20-21(17,18)19;;;;1-5(2,3)4/h2-16H2,1H3,(H,17,18,19);3*1H3;(H2,1,2,3,4). The third-order valence-electron chi connectivity index (χ3n) is 3.73. The Labute approximate surface area is 177 Å². The van der Waals surface area contributed by atoms with E-state index in [9.17, 15) is 13.0 Å². The van der Waals surface area contributed by atoms with Crippen molar-refractivity contribution in [3.05, 3.63) is 0 Å². The SMILES string of the molecule is CCCCCCCCCCCCCCCCOS(=O)(=O)[O-].O=S(=O)([O-])[O-].[NH4+].[NH4+].[NH4+]. The molecule has 0 rings (SSSR count). The second-order valence-corrected chi connectivity index (χ2v) is 8.10. The molecule has 0 aromatic carbocycles. The van der Waals surface area contributed by atoms with Gasteiger partial charge in [0.2, 0.25) is 10.4 Å². The molecule has 0 atom stereocenters. The summed E-state index contributed by atoms with van der Waals surface area (Å²) >= 11 is 0. The summed E-state index contributed by atoms with van der Waals surface area (Å²) in [6, 6.07) is 0. The Balaban J connectivity index is -0.000000213. The van der Waals surface area contributed by atoms with Crippen molar-refractivity contribution in [1.29, 1.82) is 0 Å². The maximum absolute atomic E-state index is 10.2. The first-order valence-corrected chi connectivity index (χ1v) is 12.0. The molecule has 0 spiro atoms. The first kappa shape index (κ1) is 39.1. The zero-order valence-corrected chi connectivity index (χ0v) is 20.3. The van der Waals surface area contributed by atoms with Crippen LogP contribution in [-0.4, -0.2) is 37.1 Å². The van der Waals surface area contributed by atoms with Crippen molar-refractivity contribution in [2.45, 2.75) is 96.8 Å². The highest BCUT2D eigenvalue weighted by Crippen LogP contribution is 2.12. The van der Waals surface area contributed by atoms with Crippen LogP contribution in [0, 0.1) is 0 Å². The maximum atomic E-state index is 10.2. The number of hydrogen-bond donors (Lipinski definition) is 3. The number of unbranched alkanes of at least 4 members (excludes halogenated alkanes) is 13. The molecule has 0 radical (unpaired) electrons. The lowest BCUT2D eigenvalue weighted by Crippen LogP contribution is -2.05. The molecular weight excluding hydrogens is 426 g/mol. The Morgan fingerprint density at radius 2 is 0.793 bits per heavy atom. The first-order chi connectivity index (χ1) is 12.1. The van der Waals surface area contributed by atoms with Gasteiger partial charge in [-0.15, -0.1) is 0 Å². The number of quaternary nitrogens is 3. The van der Waals surface area contributed by atoms with Gasteiger partial charge in [0.05, 0.1) is 6.61 Å². The molecule has 13 heteroatoms. The molecule has 29 heavy (non-hydrogen) atoms. The maximum Gasteiger partial charge on any atom is 0.217 e. The summed E-state index contributed by atoms with van der Waals surface area (Å²) in [6.45, 7) is 2.28. The second kappa shape index (κ2) is 25.7. The van der Waals surface area contributed by atoms with Crippen LogP contribution < -0.4 is 18.5 Å². The molecule has 0 amide bonds. The van der Waals surface area contributed by atoms with Gasteiger partial charge in [0.1, 0.15) is 0 Å². The summed E-state index contributed by atoms with van der Waals surface area (Å²) in [6.07, 6.45) is 17.4. The quantitative estimate of drug-likeness (QED) is 0.160. The van der Waals surface area contributed by atoms with Gasteiger partial charge in [-0.1, -0.05) is 90.4 Å². The Morgan fingerprint density at radius 1 is 0.552 bits per heavy atom. The summed E-state index contributed by atoms with van der Waals surface area (Å²) in [7, 11) is -9.66. The van der Waals surface area contributed by atoms with Crippen LogP contribution in [0.5, 0.6) is 0 Å². The van der Waals surface area contributed by atoms with E-state index in [1.54, 1.807) is 0 Å². The van der Waals surface area contributed by atoms with Gasteiger partial charge < -0.3 is 32.1 Å². The molecule has 0 heterocycles. The number of rotatable bonds is 16. The van der Waals surface area contributed by atoms with Crippen LogP contribution in [-0.2, 0) is 25.0 Å². The smallest absolute Gasteiger partial charge is 0.217 e. The van der Waals surface area contributed by atoms with Gasteiger partial charge in [-0.05, 0) is 6.42 Å². The fraction of sp³-hybridized carbons (Fsp3) is 1.00. The fourth-order valence-corrected chi connectivity index (χ4v) is 2.78. The van der Waals surface area contributed by atoms with E-state index in [2.05, 4.69) is 11.1 Å². The largest absolute Gasteiger partial charge is 0.759 e. The molecule has 11 nitrogen and oxygen atoms in total. The first-order valence-electron chi connectivity index (χ1n) is 9.33. The zero-order valence-electron chi connectivity index (χ0n) is 18.7. The summed E-state index contributed by atoms with van der Waals surface area (Å²) < 4.78 is 68.8. The van der Waals surface area contributed by atoms with Crippen molar-refractivity contribution >= 4 is 20.8 Å². The van der Waals surface area contributed by atoms with Gasteiger partial charge >= 0.3 is 0 Å². The predicted molar refractivity (Wildman–Crippen MR) is 114 cm³/mol. The minimum atomic E-state index is -5.17. The molecule has 0 aliphatic heterocycles. The van der Waals surface area contributed by atoms with Crippen LogP contribution in [0.4, 0.5) is 0 Å². The van der Waals surface area contributed by atoms with Crippen molar-refractivity contribution in [2.75, 3.05) is 6.61 Å². The van der Waals surface area contributed by atoms with E-state index in [1.807, 2.05) is 0 Å². The molecular formula is C16H45N3O8S2. The zero-order chi connectivity index (χ0) is 20.3. The molecule has 0 aromatic heterocycles. The predicted octanol–water partition coefficient (Wildman–Crippen LogP) is 4.74. The molecule has 0 fully saturated rings. The van der Waals surface area contributed by atoms with E-state index in [0.717, 1.165) is 12.8 Å². The van der Waals surface area contributed by atoms with E-state index in [4.69, 9.17) is 17.5 Å². The summed E-state index contributed by atoms with van der Waals surface area (Å²) in [5.41, 5.74) is 0. The summed E-state index contributed by atoms with van der Waals surface area (Å²) in [5.74, 6) is 0. The number of hydrogen-bond acceptors (Lipinski definition) is 8. The lowest BCUT2D eigenvalue weighted by molar-refractivity contribution is 0.255. The molecule has 0 bridgehead atoms. The molecule has 0 unspecified atom stereocenters. The molecule has 0 aliphatic carbocycles. The van der Waals surface area contributed by atoms with Gasteiger partial charge in [-0.25, -0.2) is 8.42 Å². The average molecular weight is 472 g/mol. The molecule has 0 aliphatic rings. The molecule has 184 valence electrons. The summed E-state index contributed by atoms with van der Waals surface area (Å²) in [5, 5.41) is 0. The van der Waals surface area contributed by atoms with E-state index < -0.39 is 20.8 Å². The van der Waals surface area contributed by atoms with Gasteiger partial charge in [-0.2, -0.15) is 0 Å². The van der Waals surface area contributed by atoms with Gasteiger partial charge in [0.25, 0.3) is 0 Å². The third-order valence-corrected chi connectivity index (χ3v) is 4.18. The van der Waals surface area contributed by atoms with Gasteiger partial charge in [0.15, 0.2) is 0 Å². The third kappa shape index (κ3) is 58.4. The Bertz CT molecular complexity index is 494. The second-order valence-electron chi connectivity index (χ2n) is 6.23. The Hall–Kier alpha value is -0.380. The van der Waals surface area contributed by atoms with Crippen molar-refractivity contribution < 1.29 is 34.7 Å². The fourth-order valence-electron chi connectivity index (χ4n) is 2.46. The van der Waals surface area contributed by atoms with Crippen molar-refractivity contribution in [1.82, 2.24) is 18.5 Å². The Kier molecular flexibility index (Phi) is 34.6. The van der Waals surface area contributed by atoms with Crippen LogP contribution in [0.25, 0.3) is 0 Å². The van der Waals surface area contributed by atoms with Crippen LogP contribution in [0.3, 0.4) is 0 Å². The van der Waals surface area contributed by atoms with Crippen molar-refractivity contribution in [2.24, 2.45) is 0 Å². The van der Waals surface area contributed by atoms with Crippen LogP contribution in [0.1, 0.15) is 96.8 Å². The molecule has 0 saturated carbocycles. The van der Waals surface area contributed by atoms with Crippen LogP contribution in [0.15, 0.2) is 0 Å². The van der Waals surface area contributed by atoms with Gasteiger partial charge in [-0.3, -0.25) is 12.6 Å². The van der Waals surface area contributed by atoms with Crippen molar-refractivity contribution in [3.63, 3.8) is 0 Å². The lowest BCUT2D eigenvalue weighted by Gasteiger charge is -2.07. The van der Waals surface area contributed by atoms with Gasteiger partial charge in [0, 0.05) is 10.4 Å². The molecule has 0 saturated heterocycles. The van der Waals surface area contributed by atoms with E-state index >= 15 is 0 Å². The van der Waals surface area contributed by atoms with Crippen molar-refractivity contribution in [3.8, 4) is 0 Å². The normalized spacial score (nSPS) is 10.6. The molecule has 12 N–H and O–H groups in total. The van der Waals surface area contributed by atoms with Crippen LogP contribution in [0.2, 0.25) is 0 Å². The highest BCUT2D eigenvalue weighted by molar-refractivity contribution is 7.80. The highest BCUT2D eigenvalue weighted by atomic mass is 32.3. The van der Waals surface area contributed by atoms with E-state index in [0.29, 0.717) is 6.42 Å². The monoisotopic (exact) mass is 471 g/mol. The van der Waals surface area contributed by atoms with Crippen LogP contribution >= 0.6 is 0 Å².